The molecule has 0 bridgehead atoms. The molecule has 1 aromatic rings. The normalized spacial score (nSPS) is 26.3. The van der Waals surface area contributed by atoms with Crippen LogP contribution < -0.4 is 5.32 Å². The number of aryl methyl sites for hydroxylation is 1. The average molecular weight is 181 g/mol. The van der Waals surface area contributed by atoms with Crippen molar-refractivity contribution >= 4 is 0 Å². The summed E-state index contributed by atoms with van der Waals surface area (Å²) in [7, 11) is 0. The summed E-state index contributed by atoms with van der Waals surface area (Å²) in [4.78, 5) is 4.12. The van der Waals surface area contributed by atoms with E-state index in [9.17, 15) is 0 Å². The van der Waals surface area contributed by atoms with Crippen LogP contribution in [0.5, 0.6) is 0 Å². The summed E-state index contributed by atoms with van der Waals surface area (Å²) < 4.78 is 4.87. The minimum atomic E-state index is 0.639. The van der Waals surface area contributed by atoms with E-state index in [1.54, 1.807) is 0 Å². The van der Waals surface area contributed by atoms with Gasteiger partial charge in [0.1, 0.15) is 0 Å². The number of aromatic nitrogens is 2. The molecule has 1 aromatic heterocycles. The van der Waals surface area contributed by atoms with Crippen LogP contribution in [0.25, 0.3) is 0 Å². The van der Waals surface area contributed by atoms with E-state index < -0.39 is 0 Å². The van der Waals surface area contributed by atoms with Crippen LogP contribution in [0, 0.1) is 12.8 Å². The van der Waals surface area contributed by atoms with Crippen molar-refractivity contribution in [1.82, 2.24) is 15.5 Å². The Kier molecular flexibility index (Phi) is 2.31. The summed E-state index contributed by atoms with van der Waals surface area (Å²) in [6, 6.07) is 0.684. The first kappa shape index (κ1) is 8.69. The molecule has 1 aliphatic carbocycles. The van der Waals surface area contributed by atoms with Crippen molar-refractivity contribution in [3.63, 3.8) is 0 Å². The van der Waals surface area contributed by atoms with Gasteiger partial charge >= 0.3 is 0 Å². The van der Waals surface area contributed by atoms with E-state index in [4.69, 9.17) is 4.52 Å². The molecule has 1 saturated carbocycles. The lowest BCUT2D eigenvalue weighted by atomic mass is 10.3. The van der Waals surface area contributed by atoms with Gasteiger partial charge in [-0.15, -0.1) is 0 Å². The quantitative estimate of drug-likeness (QED) is 0.760. The van der Waals surface area contributed by atoms with Crippen molar-refractivity contribution in [2.24, 2.45) is 5.92 Å². The largest absolute Gasteiger partial charge is 0.340 e. The molecule has 1 fully saturated rings. The van der Waals surface area contributed by atoms with Crippen molar-refractivity contribution < 1.29 is 4.52 Å². The standard InChI is InChI=1S/C9H15N3O/c1-3-7-4-8(7)10-5-9-11-6(2)13-12-9/h7-8,10H,3-5H2,1-2H3. The van der Waals surface area contributed by atoms with Gasteiger partial charge in [0.15, 0.2) is 5.82 Å². The van der Waals surface area contributed by atoms with Crippen LogP contribution in [0.4, 0.5) is 0 Å². The Bertz CT molecular complexity index is 284. The van der Waals surface area contributed by atoms with Gasteiger partial charge in [0.25, 0.3) is 0 Å². The Hall–Kier alpha value is -0.900. The van der Waals surface area contributed by atoms with Crippen molar-refractivity contribution in [2.45, 2.75) is 39.3 Å². The Morgan fingerprint density at radius 3 is 3.00 bits per heavy atom. The van der Waals surface area contributed by atoms with Gasteiger partial charge < -0.3 is 9.84 Å². The molecule has 0 aliphatic heterocycles. The summed E-state index contributed by atoms with van der Waals surface area (Å²) in [6.45, 7) is 4.77. The SMILES string of the molecule is CCC1CC1NCc1noc(C)n1. The second kappa shape index (κ2) is 3.46. The van der Waals surface area contributed by atoms with Crippen LogP contribution in [0.3, 0.4) is 0 Å². The number of nitrogens with one attached hydrogen (secondary N) is 1. The maximum atomic E-state index is 4.87. The zero-order valence-corrected chi connectivity index (χ0v) is 8.08. The maximum Gasteiger partial charge on any atom is 0.223 e. The fraction of sp³-hybridized carbons (Fsp3) is 0.778. The molecular weight excluding hydrogens is 166 g/mol. The number of rotatable bonds is 4. The zero-order chi connectivity index (χ0) is 9.26. The van der Waals surface area contributed by atoms with Crippen molar-refractivity contribution in [3.8, 4) is 0 Å². The summed E-state index contributed by atoms with van der Waals surface area (Å²) in [5.41, 5.74) is 0. The van der Waals surface area contributed by atoms with Crippen LogP contribution in [0.15, 0.2) is 4.52 Å². The topological polar surface area (TPSA) is 51.0 Å². The number of hydrogen-bond donors (Lipinski definition) is 1. The van der Waals surface area contributed by atoms with Crippen LogP contribution in [0.2, 0.25) is 0 Å². The second-order valence-corrected chi connectivity index (χ2v) is 3.62. The zero-order valence-electron chi connectivity index (χ0n) is 8.08. The third-order valence-electron chi connectivity index (χ3n) is 2.54. The summed E-state index contributed by atoms with van der Waals surface area (Å²) in [5.74, 6) is 2.27. The molecule has 2 unspecified atom stereocenters. The van der Waals surface area contributed by atoms with E-state index in [2.05, 4.69) is 22.4 Å². The van der Waals surface area contributed by atoms with Crippen LogP contribution in [-0.4, -0.2) is 16.2 Å². The highest BCUT2D eigenvalue weighted by atomic mass is 16.5. The predicted octanol–water partition coefficient (Wildman–Crippen LogP) is 1.27. The number of hydrogen-bond acceptors (Lipinski definition) is 4. The fourth-order valence-electron chi connectivity index (χ4n) is 1.58. The third kappa shape index (κ3) is 2.06. The van der Waals surface area contributed by atoms with E-state index >= 15 is 0 Å². The fourth-order valence-corrected chi connectivity index (χ4v) is 1.58. The van der Waals surface area contributed by atoms with E-state index in [1.165, 1.54) is 12.8 Å². The smallest absolute Gasteiger partial charge is 0.223 e. The summed E-state index contributed by atoms with van der Waals surface area (Å²) >= 11 is 0. The molecule has 72 valence electrons. The first-order valence-corrected chi connectivity index (χ1v) is 4.82. The van der Waals surface area contributed by atoms with Gasteiger partial charge in [-0.25, -0.2) is 0 Å². The minimum absolute atomic E-state index is 0.639. The van der Waals surface area contributed by atoms with E-state index in [0.29, 0.717) is 11.9 Å². The van der Waals surface area contributed by atoms with Gasteiger partial charge in [0, 0.05) is 13.0 Å². The Labute approximate surface area is 77.7 Å². The van der Waals surface area contributed by atoms with Crippen LogP contribution in [0.1, 0.15) is 31.5 Å². The molecule has 1 aliphatic rings. The molecule has 0 amide bonds. The molecular formula is C9H15N3O. The molecule has 4 nitrogen and oxygen atoms in total. The molecule has 0 radical (unpaired) electrons. The minimum Gasteiger partial charge on any atom is -0.340 e. The molecule has 1 heterocycles. The highest BCUT2D eigenvalue weighted by Crippen LogP contribution is 2.33. The molecule has 4 heteroatoms. The monoisotopic (exact) mass is 181 g/mol. The first-order chi connectivity index (χ1) is 6.29. The molecule has 1 N–H and O–H groups in total. The van der Waals surface area contributed by atoms with Gasteiger partial charge in [-0.1, -0.05) is 18.5 Å². The molecule has 13 heavy (non-hydrogen) atoms. The third-order valence-corrected chi connectivity index (χ3v) is 2.54. The Morgan fingerprint density at radius 2 is 2.46 bits per heavy atom. The van der Waals surface area contributed by atoms with E-state index in [-0.39, 0.29) is 0 Å². The van der Waals surface area contributed by atoms with E-state index in [0.717, 1.165) is 18.3 Å². The molecule has 0 aromatic carbocycles. The van der Waals surface area contributed by atoms with Gasteiger partial charge in [-0.3, -0.25) is 0 Å². The molecule has 2 rings (SSSR count). The highest BCUT2D eigenvalue weighted by molar-refractivity contribution is 4.94. The molecule has 0 spiro atoms. The van der Waals surface area contributed by atoms with Crippen molar-refractivity contribution in [1.29, 1.82) is 0 Å². The lowest BCUT2D eigenvalue weighted by molar-refractivity contribution is 0.385. The predicted molar refractivity (Wildman–Crippen MR) is 48.1 cm³/mol. The lowest BCUT2D eigenvalue weighted by Crippen LogP contribution is -2.18. The maximum absolute atomic E-state index is 4.87. The second-order valence-electron chi connectivity index (χ2n) is 3.62. The molecule has 0 saturated heterocycles. The molecule has 2 atom stereocenters. The first-order valence-electron chi connectivity index (χ1n) is 4.82. The van der Waals surface area contributed by atoms with Crippen LogP contribution in [-0.2, 0) is 6.54 Å². The van der Waals surface area contributed by atoms with Crippen molar-refractivity contribution in [2.75, 3.05) is 0 Å². The highest BCUT2D eigenvalue weighted by Gasteiger charge is 2.34. The van der Waals surface area contributed by atoms with Crippen molar-refractivity contribution in [3.05, 3.63) is 11.7 Å². The van der Waals surface area contributed by atoms with E-state index in [1.807, 2.05) is 6.92 Å². The summed E-state index contributed by atoms with van der Waals surface area (Å²) in [5, 5.41) is 7.22. The lowest BCUT2D eigenvalue weighted by Gasteiger charge is -1.97. The van der Waals surface area contributed by atoms with Crippen LogP contribution >= 0.6 is 0 Å². The van der Waals surface area contributed by atoms with Gasteiger partial charge in [-0.05, 0) is 12.3 Å². The summed E-state index contributed by atoms with van der Waals surface area (Å²) in [6.07, 6.45) is 2.57. The van der Waals surface area contributed by atoms with Gasteiger partial charge in [0.2, 0.25) is 5.89 Å². The average Bonchev–Trinajstić information content (AvgIpc) is 2.78. The van der Waals surface area contributed by atoms with Gasteiger partial charge in [0.05, 0.1) is 6.54 Å². The Balaban J connectivity index is 1.75. The van der Waals surface area contributed by atoms with Gasteiger partial charge in [-0.2, -0.15) is 4.98 Å². The number of nitrogens with zero attached hydrogens (tertiary/aromatic N) is 2. The Morgan fingerprint density at radius 1 is 1.62 bits per heavy atom.